The number of rotatable bonds is 27. The fourth-order valence-electron chi connectivity index (χ4n) is 10.3. The largest absolute Gasteiger partial charge is 0.460 e. The van der Waals surface area contributed by atoms with Crippen molar-refractivity contribution in [2.45, 2.75) is 143 Å². The molecule has 3 nitrogen and oxygen atoms in total. The number of alkyl halides is 51. The lowest BCUT2D eigenvalue weighted by molar-refractivity contribution is -0.462. The number of hydrogen-bond donors (Lipinski definition) is 0. The van der Waals surface area contributed by atoms with Gasteiger partial charge in [0.1, 0.15) is 17.1 Å². The maximum absolute atomic E-state index is 15.9. The first-order chi connectivity index (χ1) is 51.9. The zero-order valence-corrected chi connectivity index (χ0v) is 54.0. The van der Waals surface area contributed by atoms with E-state index in [0.29, 0.717) is 72.8 Å². The van der Waals surface area contributed by atoms with Crippen molar-refractivity contribution in [3.8, 4) is 66.8 Å². The van der Waals surface area contributed by atoms with E-state index >= 15 is 79.0 Å². The summed E-state index contributed by atoms with van der Waals surface area (Å²) < 4.78 is 735. The van der Waals surface area contributed by atoms with Gasteiger partial charge in [0.25, 0.3) is 0 Å². The molecule has 0 unspecified atom stereocenters. The molecule has 0 saturated heterocycles. The third-order valence-electron chi connectivity index (χ3n) is 17.0. The van der Waals surface area contributed by atoms with E-state index < -0.39 is 245 Å². The molecule has 0 bridgehead atoms. The lowest BCUT2D eigenvalue weighted by Crippen LogP contribution is -2.74. The number of hydrogen-bond acceptors (Lipinski definition) is 3. The van der Waals surface area contributed by atoms with E-state index in [9.17, 15) is 145 Å². The van der Waals surface area contributed by atoms with Crippen molar-refractivity contribution in [1.82, 2.24) is 15.0 Å². The van der Waals surface area contributed by atoms with E-state index in [1.807, 2.05) is 0 Å². The van der Waals surface area contributed by atoms with E-state index in [1.54, 1.807) is 0 Å². The molecular weight excluding hydrogens is 1770 g/mol. The molecule has 0 spiro atoms. The van der Waals surface area contributed by atoms with Crippen molar-refractivity contribution in [1.29, 1.82) is 0 Å². The predicted molar refractivity (Wildman–Crippen MR) is 291 cm³/mol. The Morgan fingerprint density at radius 3 is 0.436 bits per heavy atom. The molecule has 3 aromatic heterocycles. The van der Waals surface area contributed by atoms with Crippen LogP contribution in [0.5, 0.6) is 0 Å². The van der Waals surface area contributed by atoms with Crippen LogP contribution in [0.2, 0.25) is 0 Å². The van der Waals surface area contributed by atoms with Crippen LogP contribution in [0.4, 0.5) is 224 Å². The monoisotopic (exact) mass is 1790 g/mol. The Hall–Kier alpha value is -9.24. The van der Waals surface area contributed by atoms with Gasteiger partial charge in [-0.3, -0.25) is 15.0 Å². The highest BCUT2D eigenvalue weighted by Gasteiger charge is 2.99. The summed E-state index contributed by atoms with van der Waals surface area (Å²) in [6, 6.07) is 8.03. The molecule has 0 saturated carbocycles. The second-order valence-corrected chi connectivity index (χ2v) is 24.3. The number of benzene rings is 4. The molecule has 4 aromatic carbocycles. The molecule has 0 amide bonds. The van der Waals surface area contributed by atoms with Crippen LogP contribution in [0.3, 0.4) is 0 Å². The molecule has 3 heterocycles. The molecule has 0 aliphatic carbocycles. The Balaban J connectivity index is 1.49. The molecule has 0 fully saturated rings. The SMILES string of the molecule is FC(F)(F)C(F)(F)C(F)(F)C(F)(F)C(F)(F)C(F)(F)C(F)(F)C(F)(F)c1cc(-c2ccccc2-c2cc(-c3ccccc3-c3ccnc(C(F)(F)C(F)(F)C(F)(F)C(F)(F)C(F)(F)C(F)(F)C(F)(F)C(F)(F)F)c3)cc(-c3ccccc3-c3ccnc(C(F)(F)C(F)(F)C(F)(F)C(F)(F)C(F)(F)C(F)(F)C(F)(F)C(F)(F)F)c3)c2)ccn1. The minimum absolute atomic E-state index is 0.238. The van der Waals surface area contributed by atoms with Crippen LogP contribution >= 0.6 is 0 Å². The van der Waals surface area contributed by atoms with Crippen LogP contribution in [0.1, 0.15) is 17.1 Å². The number of halogens is 51. The standard InChI is InChI=1S/C63H24F51N3/c64-40(65,43(70,71)46(76,77)49(82,83)52(88,89)55(94,95)58(100,101)61(106,107)108)37-22-25(13-16-115-37)31-7-1-4-10-34(31)28-19-29(35-11-5-2-8-32(35)26-14-17-116-38(23-26)41(66,67)44(72,73)47(78,79)50(84,85)53(90,91)56(96,97)59(102,103)62(109,110)111)21-30(20-28)36-12-6-3-9-33(36)27-15-18-117-39(24-27)42(68,69)45(74,75)48(80,81)51(86,87)54(92,93)57(98,99)60(104,105)63(112,113)114/h1-24H. The van der Waals surface area contributed by atoms with Crippen LogP contribution in [-0.2, 0) is 17.8 Å². The van der Waals surface area contributed by atoms with E-state index in [-0.39, 0.29) is 36.8 Å². The molecule has 0 radical (unpaired) electrons. The van der Waals surface area contributed by atoms with E-state index in [4.69, 9.17) is 0 Å². The van der Waals surface area contributed by atoms with Crippen molar-refractivity contribution in [3.63, 3.8) is 0 Å². The van der Waals surface area contributed by atoms with Gasteiger partial charge in [0.2, 0.25) is 0 Å². The second-order valence-electron chi connectivity index (χ2n) is 24.3. The fourth-order valence-corrected chi connectivity index (χ4v) is 10.3. The van der Waals surface area contributed by atoms with Crippen LogP contribution in [0.15, 0.2) is 146 Å². The molecule has 7 aromatic rings. The highest BCUT2D eigenvalue weighted by molar-refractivity contribution is 5.94. The second kappa shape index (κ2) is 27.9. The molecule has 0 N–H and O–H groups in total. The summed E-state index contributed by atoms with van der Waals surface area (Å²) in [4.78, 5) is 7.43. The topological polar surface area (TPSA) is 38.7 Å². The van der Waals surface area contributed by atoms with Crippen molar-refractivity contribution in [3.05, 3.63) is 163 Å². The molecule has 648 valence electrons. The predicted octanol–water partition coefficient (Wildman–Crippen LogP) is 26.3. The quantitative estimate of drug-likeness (QED) is 0.0482. The maximum atomic E-state index is 15.9. The van der Waals surface area contributed by atoms with Gasteiger partial charge >= 0.3 is 143 Å². The fraction of sp³-hybridized carbons (Fsp3) is 0.381. The highest BCUT2D eigenvalue weighted by atomic mass is 19.5. The minimum atomic E-state index is -9.18. The maximum Gasteiger partial charge on any atom is 0.460 e. The smallest absolute Gasteiger partial charge is 0.255 e. The Labute approximate surface area is 611 Å². The summed E-state index contributed by atoms with van der Waals surface area (Å²) >= 11 is 0. The summed E-state index contributed by atoms with van der Waals surface area (Å²) in [6.07, 6.45) is -25.3. The van der Waals surface area contributed by atoms with Crippen LogP contribution in [-0.4, -0.2) is 140 Å². The molecular formula is C63H24F51N3. The van der Waals surface area contributed by atoms with Crippen LogP contribution in [0, 0.1) is 0 Å². The van der Waals surface area contributed by atoms with Gasteiger partial charge < -0.3 is 0 Å². The molecule has 0 atom stereocenters. The molecule has 0 aliphatic rings. The van der Waals surface area contributed by atoms with Gasteiger partial charge in [0.05, 0.1) is 0 Å². The lowest BCUT2D eigenvalue weighted by atomic mass is 9.85. The average Bonchev–Trinajstić information content (AvgIpc) is 0.699. The number of nitrogens with zero attached hydrogens (tertiary/aromatic N) is 3. The van der Waals surface area contributed by atoms with Crippen molar-refractivity contribution < 1.29 is 224 Å². The van der Waals surface area contributed by atoms with Crippen molar-refractivity contribution in [2.24, 2.45) is 0 Å². The summed E-state index contributed by atoms with van der Waals surface area (Å²) in [5.74, 6) is -183. The van der Waals surface area contributed by atoms with Gasteiger partial charge in [-0.05, 0) is 121 Å². The third-order valence-corrected chi connectivity index (χ3v) is 17.0. The Morgan fingerprint density at radius 2 is 0.282 bits per heavy atom. The van der Waals surface area contributed by atoms with Gasteiger partial charge in [-0.1, -0.05) is 72.8 Å². The van der Waals surface area contributed by atoms with Crippen molar-refractivity contribution in [2.75, 3.05) is 0 Å². The summed E-state index contributed by atoms with van der Waals surface area (Å²) in [7, 11) is 0. The summed E-state index contributed by atoms with van der Waals surface area (Å²) in [5, 5.41) is 0. The summed E-state index contributed by atoms with van der Waals surface area (Å²) in [6.45, 7) is 0. The number of aromatic nitrogens is 3. The first kappa shape index (κ1) is 94.9. The van der Waals surface area contributed by atoms with Gasteiger partial charge in [-0.25, -0.2) is 0 Å². The van der Waals surface area contributed by atoms with Crippen LogP contribution in [0.25, 0.3) is 66.8 Å². The van der Waals surface area contributed by atoms with E-state index in [1.165, 1.54) is 0 Å². The first-order valence-corrected chi connectivity index (χ1v) is 29.4. The van der Waals surface area contributed by atoms with E-state index in [0.717, 1.165) is 18.2 Å². The minimum Gasteiger partial charge on any atom is -0.255 e. The average molecular weight is 1790 g/mol. The Morgan fingerprint density at radius 1 is 0.145 bits per heavy atom. The Bertz CT molecular complexity index is 4340. The summed E-state index contributed by atoms with van der Waals surface area (Å²) in [5.41, 5.74) is -22.1. The molecule has 0 aliphatic heterocycles. The normalized spacial score (nSPS) is 15.3. The Kier molecular flexibility index (Phi) is 22.7. The molecule has 117 heavy (non-hydrogen) atoms. The van der Waals surface area contributed by atoms with Gasteiger partial charge in [0, 0.05) is 18.6 Å². The van der Waals surface area contributed by atoms with Gasteiger partial charge in [0.15, 0.2) is 0 Å². The van der Waals surface area contributed by atoms with Gasteiger partial charge in [-0.15, -0.1) is 0 Å². The van der Waals surface area contributed by atoms with Crippen molar-refractivity contribution >= 4 is 0 Å². The third kappa shape index (κ3) is 13.3. The zero-order chi connectivity index (χ0) is 90.8. The first-order valence-electron chi connectivity index (χ1n) is 29.4. The lowest BCUT2D eigenvalue weighted by Gasteiger charge is -2.42. The molecule has 54 heteroatoms. The van der Waals surface area contributed by atoms with Crippen LogP contribution < -0.4 is 0 Å². The molecule has 7 rings (SSSR count). The highest BCUT2D eigenvalue weighted by Crippen LogP contribution is 2.70. The number of pyridine rings is 3. The zero-order valence-electron chi connectivity index (χ0n) is 54.0. The van der Waals surface area contributed by atoms with E-state index in [2.05, 4.69) is 15.0 Å². The van der Waals surface area contributed by atoms with Gasteiger partial charge in [-0.2, -0.15) is 224 Å².